The van der Waals surface area contributed by atoms with Crippen LogP contribution in [-0.4, -0.2) is 20.5 Å². The molecule has 0 aliphatic heterocycles. The van der Waals surface area contributed by atoms with Crippen LogP contribution in [0, 0.1) is 6.92 Å². The molecule has 5 heteroatoms. The number of halogens is 1. The van der Waals surface area contributed by atoms with Crippen molar-refractivity contribution in [3.8, 4) is 0 Å². The second kappa shape index (κ2) is 4.72. The maximum Gasteiger partial charge on any atom is 0.309 e. The number of hydrogen-bond acceptors (Lipinski definition) is 2. The summed E-state index contributed by atoms with van der Waals surface area (Å²) < 4.78 is 2.81. The van der Waals surface area contributed by atoms with Crippen LogP contribution in [0.4, 0.5) is 0 Å². The Morgan fingerprint density at radius 3 is 2.78 bits per heavy atom. The molecule has 0 aromatic carbocycles. The molecule has 0 unspecified atom stereocenters. The summed E-state index contributed by atoms with van der Waals surface area (Å²) in [5.41, 5.74) is 3.50. The van der Waals surface area contributed by atoms with Gasteiger partial charge in [0, 0.05) is 10.7 Å². The number of hydrogen-bond donors (Lipinski definition) is 1. The summed E-state index contributed by atoms with van der Waals surface area (Å²) >= 11 is 3.47. The molecule has 2 rings (SSSR count). The SMILES string of the molecule is Cc1cc2nc(C(C)C)c(CC(=O)O)n2cc1Br. The number of fused-ring (bicyclic) bond motifs is 1. The third kappa shape index (κ3) is 2.27. The van der Waals surface area contributed by atoms with E-state index >= 15 is 0 Å². The van der Waals surface area contributed by atoms with Gasteiger partial charge in [-0.25, -0.2) is 4.98 Å². The highest BCUT2D eigenvalue weighted by atomic mass is 79.9. The summed E-state index contributed by atoms with van der Waals surface area (Å²) in [5.74, 6) is -0.631. The first-order valence-corrected chi connectivity index (χ1v) is 6.58. The van der Waals surface area contributed by atoms with Gasteiger partial charge in [-0.1, -0.05) is 13.8 Å². The molecule has 0 atom stereocenters. The molecule has 96 valence electrons. The molecular formula is C13H15BrN2O2. The maximum atomic E-state index is 11.0. The molecular weight excluding hydrogens is 296 g/mol. The molecule has 2 heterocycles. The summed E-state index contributed by atoms with van der Waals surface area (Å²) in [5, 5.41) is 9.02. The fourth-order valence-corrected chi connectivity index (χ4v) is 2.33. The summed E-state index contributed by atoms with van der Waals surface area (Å²) in [7, 11) is 0. The first-order chi connectivity index (χ1) is 8.40. The number of pyridine rings is 1. The zero-order valence-corrected chi connectivity index (χ0v) is 12.2. The number of carboxylic acids is 1. The number of aryl methyl sites for hydroxylation is 1. The topological polar surface area (TPSA) is 54.6 Å². The van der Waals surface area contributed by atoms with Crippen molar-refractivity contribution in [3.63, 3.8) is 0 Å². The Hall–Kier alpha value is -1.36. The van der Waals surface area contributed by atoms with Gasteiger partial charge in [0.2, 0.25) is 0 Å². The number of rotatable bonds is 3. The highest BCUT2D eigenvalue weighted by molar-refractivity contribution is 9.10. The monoisotopic (exact) mass is 310 g/mol. The van der Waals surface area contributed by atoms with Crippen molar-refractivity contribution in [2.45, 2.75) is 33.1 Å². The lowest BCUT2D eigenvalue weighted by atomic mass is 10.1. The van der Waals surface area contributed by atoms with Crippen molar-refractivity contribution in [2.24, 2.45) is 0 Å². The largest absolute Gasteiger partial charge is 0.481 e. The van der Waals surface area contributed by atoms with Gasteiger partial charge in [-0.2, -0.15) is 0 Å². The van der Waals surface area contributed by atoms with E-state index in [-0.39, 0.29) is 12.3 Å². The molecule has 0 saturated heterocycles. The Morgan fingerprint density at radius 1 is 1.56 bits per heavy atom. The van der Waals surface area contributed by atoms with Gasteiger partial charge in [0.15, 0.2) is 0 Å². The quantitative estimate of drug-likeness (QED) is 0.947. The van der Waals surface area contributed by atoms with E-state index in [1.54, 1.807) is 0 Å². The maximum absolute atomic E-state index is 11.0. The average Bonchev–Trinajstić information content (AvgIpc) is 2.57. The van der Waals surface area contributed by atoms with Crippen LogP contribution >= 0.6 is 15.9 Å². The van der Waals surface area contributed by atoms with Gasteiger partial charge in [-0.05, 0) is 40.4 Å². The zero-order valence-electron chi connectivity index (χ0n) is 10.6. The molecule has 0 spiro atoms. The summed E-state index contributed by atoms with van der Waals surface area (Å²) in [6, 6.07) is 1.96. The van der Waals surface area contributed by atoms with Gasteiger partial charge in [-0.15, -0.1) is 0 Å². The number of carboxylic acid groups (broad SMARTS) is 1. The van der Waals surface area contributed by atoms with Gasteiger partial charge in [0.05, 0.1) is 17.8 Å². The Morgan fingerprint density at radius 2 is 2.22 bits per heavy atom. The predicted molar refractivity (Wildman–Crippen MR) is 73.1 cm³/mol. The third-order valence-corrected chi connectivity index (χ3v) is 3.73. The molecule has 0 radical (unpaired) electrons. The summed E-state index contributed by atoms with van der Waals surface area (Å²) in [4.78, 5) is 15.5. The summed E-state index contributed by atoms with van der Waals surface area (Å²) in [6.07, 6.45) is 1.88. The van der Waals surface area contributed by atoms with Crippen LogP contribution < -0.4 is 0 Å². The van der Waals surface area contributed by atoms with E-state index in [0.29, 0.717) is 0 Å². The van der Waals surface area contributed by atoms with E-state index in [0.717, 1.165) is 27.1 Å². The zero-order chi connectivity index (χ0) is 13.4. The van der Waals surface area contributed by atoms with Crippen molar-refractivity contribution in [3.05, 3.63) is 33.7 Å². The van der Waals surface area contributed by atoms with E-state index in [1.807, 2.05) is 37.4 Å². The lowest BCUT2D eigenvalue weighted by molar-refractivity contribution is -0.136. The highest BCUT2D eigenvalue weighted by Gasteiger charge is 2.18. The van der Waals surface area contributed by atoms with Crippen LogP contribution in [0.2, 0.25) is 0 Å². The van der Waals surface area contributed by atoms with Crippen LogP contribution in [0.5, 0.6) is 0 Å². The van der Waals surface area contributed by atoms with Crippen LogP contribution in [0.1, 0.15) is 36.7 Å². The van der Waals surface area contributed by atoms with E-state index in [1.165, 1.54) is 0 Å². The molecule has 0 aliphatic carbocycles. The number of aromatic nitrogens is 2. The number of nitrogens with zero attached hydrogens (tertiary/aromatic N) is 2. The molecule has 2 aromatic rings. The first-order valence-electron chi connectivity index (χ1n) is 5.79. The standard InChI is InChI=1S/C13H15BrN2O2/c1-7(2)13-10(5-12(17)18)16-6-9(14)8(3)4-11(16)15-13/h4,6-7H,5H2,1-3H3,(H,17,18). The second-order valence-corrected chi connectivity index (χ2v) is 5.56. The molecule has 0 fully saturated rings. The van der Waals surface area contributed by atoms with Gasteiger partial charge in [0.25, 0.3) is 0 Å². The second-order valence-electron chi connectivity index (χ2n) is 4.70. The fraction of sp³-hybridized carbons (Fsp3) is 0.385. The molecule has 18 heavy (non-hydrogen) atoms. The van der Waals surface area contributed by atoms with Gasteiger partial charge < -0.3 is 9.51 Å². The lowest BCUT2D eigenvalue weighted by Crippen LogP contribution is -2.07. The molecule has 0 amide bonds. The Balaban J connectivity index is 2.72. The molecule has 4 nitrogen and oxygen atoms in total. The molecule has 2 aromatic heterocycles. The Bertz CT molecular complexity index is 617. The third-order valence-electron chi connectivity index (χ3n) is 2.90. The highest BCUT2D eigenvalue weighted by Crippen LogP contribution is 2.25. The van der Waals surface area contributed by atoms with Crippen molar-refractivity contribution in [2.75, 3.05) is 0 Å². The number of aliphatic carboxylic acids is 1. The minimum atomic E-state index is -0.838. The van der Waals surface area contributed by atoms with Crippen LogP contribution in [0.15, 0.2) is 16.7 Å². The van der Waals surface area contributed by atoms with Gasteiger partial charge in [-0.3, -0.25) is 4.79 Å². The van der Waals surface area contributed by atoms with E-state index < -0.39 is 5.97 Å². The van der Waals surface area contributed by atoms with Crippen molar-refractivity contribution in [1.29, 1.82) is 0 Å². The Kier molecular flexibility index (Phi) is 3.43. The minimum Gasteiger partial charge on any atom is -0.481 e. The lowest BCUT2D eigenvalue weighted by Gasteiger charge is -2.05. The Labute approximate surface area is 114 Å². The molecule has 1 N–H and O–H groups in total. The van der Waals surface area contributed by atoms with Crippen LogP contribution in [0.3, 0.4) is 0 Å². The van der Waals surface area contributed by atoms with Crippen molar-refractivity contribution < 1.29 is 9.90 Å². The van der Waals surface area contributed by atoms with Crippen LogP contribution in [0.25, 0.3) is 5.65 Å². The smallest absolute Gasteiger partial charge is 0.309 e. The summed E-state index contributed by atoms with van der Waals surface area (Å²) in [6.45, 7) is 6.04. The van der Waals surface area contributed by atoms with Crippen LogP contribution in [-0.2, 0) is 11.2 Å². The number of carbonyl (C=O) groups is 1. The normalized spacial score (nSPS) is 11.4. The van der Waals surface area contributed by atoms with Gasteiger partial charge >= 0.3 is 5.97 Å². The van der Waals surface area contributed by atoms with Gasteiger partial charge in [0.1, 0.15) is 5.65 Å². The predicted octanol–water partition coefficient (Wildman–Crippen LogP) is 3.16. The van der Waals surface area contributed by atoms with Crippen molar-refractivity contribution in [1.82, 2.24) is 9.38 Å². The number of imidazole rings is 1. The minimum absolute atomic E-state index is 0.00974. The average molecular weight is 311 g/mol. The van der Waals surface area contributed by atoms with E-state index in [2.05, 4.69) is 20.9 Å². The fourth-order valence-electron chi connectivity index (χ4n) is 2.01. The first kappa shape index (κ1) is 13.1. The molecule has 0 aliphatic rings. The molecule has 0 bridgehead atoms. The van der Waals surface area contributed by atoms with E-state index in [4.69, 9.17) is 5.11 Å². The van der Waals surface area contributed by atoms with E-state index in [9.17, 15) is 4.79 Å². The van der Waals surface area contributed by atoms with Crippen molar-refractivity contribution >= 4 is 27.5 Å². The molecule has 0 saturated carbocycles.